The number of benzene rings is 1. The third-order valence-corrected chi connectivity index (χ3v) is 5.69. The van der Waals surface area contributed by atoms with Crippen LogP contribution in [0.4, 0.5) is 0 Å². The Labute approximate surface area is 181 Å². The van der Waals surface area contributed by atoms with Gasteiger partial charge >= 0.3 is 11.9 Å². The predicted octanol–water partition coefficient (Wildman–Crippen LogP) is 6.28. The molecule has 0 aromatic heterocycles. The largest absolute Gasteiger partial charge is 0.465 e. The van der Waals surface area contributed by atoms with E-state index in [-0.39, 0.29) is 5.78 Å². The minimum Gasteiger partial charge on any atom is -0.465 e. The number of rotatable bonds is 15. The average molecular weight is 419 g/mol. The van der Waals surface area contributed by atoms with Gasteiger partial charge in [-0.1, -0.05) is 65.7 Å². The Morgan fingerprint density at radius 1 is 0.767 bits per heavy atom. The second-order valence-electron chi connectivity index (χ2n) is 7.87. The Morgan fingerprint density at radius 3 is 1.80 bits per heavy atom. The third-order valence-electron chi connectivity index (χ3n) is 5.69. The van der Waals surface area contributed by atoms with Gasteiger partial charge in [0, 0.05) is 5.56 Å². The van der Waals surface area contributed by atoms with Crippen molar-refractivity contribution in [2.75, 3.05) is 6.61 Å². The minimum absolute atomic E-state index is 0.0612. The van der Waals surface area contributed by atoms with Crippen LogP contribution in [0.5, 0.6) is 5.75 Å². The van der Waals surface area contributed by atoms with Crippen molar-refractivity contribution < 1.29 is 23.9 Å². The Balaban J connectivity index is 2.53. The summed E-state index contributed by atoms with van der Waals surface area (Å²) in [6, 6.07) is 6.34. The number of ether oxygens (including phenoxy) is 2. The second-order valence-corrected chi connectivity index (χ2v) is 7.87. The number of carbonyl (C=O) groups excluding carboxylic acids is 3. The first kappa shape index (κ1) is 25.9. The molecule has 0 fully saturated rings. The zero-order chi connectivity index (χ0) is 22.4. The quantitative estimate of drug-likeness (QED) is 0.110. The van der Waals surface area contributed by atoms with E-state index in [4.69, 9.17) is 9.47 Å². The molecule has 1 aromatic rings. The van der Waals surface area contributed by atoms with Crippen molar-refractivity contribution in [2.45, 2.75) is 91.9 Å². The van der Waals surface area contributed by atoms with Crippen molar-refractivity contribution in [2.24, 2.45) is 5.41 Å². The summed E-state index contributed by atoms with van der Waals surface area (Å²) in [4.78, 5) is 36.9. The summed E-state index contributed by atoms with van der Waals surface area (Å²) in [5, 5.41) is 0. The molecule has 0 N–H and O–H groups in total. The van der Waals surface area contributed by atoms with Crippen LogP contribution in [-0.4, -0.2) is 24.3 Å². The van der Waals surface area contributed by atoms with E-state index in [1.165, 1.54) is 39.0 Å². The van der Waals surface area contributed by atoms with Crippen LogP contribution in [0, 0.1) is 5.41 Å². The van der Waals surface area contributed by atoms with E-state index in [0.29, 0.717) is 30.8 Å². The summed E-state index contributed by atoms with van der Waals surface area (Å²) >= 11 is 0. The molecule has 0 unspecified atom stereocenters. The number of carbonyl (C=O) groups is 3. The van der Waals surface area contributed by atoms with E-state index >= 15 is 0 Å². The van der Waals surface area contributed by atoms with Gasteiger partial charge in [0.05, 0.1) is 6.61 Å². The molecule has 0 radical (unpaired) electrons. The summed E-state index contributed by atoms with van der Waals surface area (Å²) in [5.74, 6) is -0.870. The molecule has 5 nitrogen and oxygen atoms in total. The number of hydrogen-bond acceptors (Lipinski definition) is 5. The standard InChI is InChI=1S/C25H38O5/c1-5-8-9-10-11-12-13-14-19-29-23(27)25(6-2,7-3)24(28)30-22-17-15-21(16-18-22)20(4)26/h15-18H,5-14,19H2,1-4H3. The van der Waals surface area contributed by atoms with Crippen molar-refractivity contribution >= 4 is 17.7 Å². The fourth-order valence-corrected chi connectivity index (χ4v) is 3.41. The molecule has 0 spiro atoms. The van der Waals surface area contributed by atoms with Gasteiger partial charge in [0.15, 0.2) is 11.2 Å². The van der Waals surface area contributed by atoms with Gasteiger partial charge in [-0.05, 0) is 50.5 Å². The van der Waals surface area contributed by atoms with E-state index in [0.717, 1.165) is 19.3 Å². The smallest absolute Gasteiger partial charge is 0.328 e. The molecule has 1 rings (SSSR count). The fourth-order valence-electron chi connectivity index (χ4n) is 3.41. The van der Waals surface area contributed by atoms with Gasteiger partial charge in [-0.3, -0.25) is 14.4 Å². The van der Waals surface area contributed by atoms with Crippen LogP contribution in [-0.2, 0) is 14.3 Å². The summed E-state index contributed by atoms with van der Waals surface area (Å²) < 4.78 is 10.9. The molecule has 0 aliphatic carbocycles. The molecule has 0 bridgehead atoms. The number of esters is 2. The fraction of sp³-hybridized carbons (Fsp3) is 0.640. The van der Waals surface area contributed by atoms with Gasteiger partial charge in [-0.15, -0.1) is 0 Å². The van der Waals surface area contributed by atoms with Crippen LogP contribution >= 0.6 is 0 Å². The van der Waals surface area contributed by atoms with E-state index in [2.05, 4.69) is 6.92 Å². The predicted molar refractivity (Wildman–Crippen MR) is 119 cm³/mol. The van der Waals surface area contributed by atoms with E-state index in [9.17, 15) is 14.4 Å². The molecule has 5 heteroatoms. The summed E-state index contributed by atoms with van der Waals surface area (Å²) in [6.45, 7) is 7.60. The zero-order valence-electron chi connectivity index (χ0n) is 19.1. The van der Waals surface area contributed by atoms with Crippen molar-refractivity contribution in [1.82, 2.24) is 0 Å². The molecule has 0 aliphatic rings. The van der Waals surface area contributed by atoms with E-state index in [1.54, 1.807) is 38.1 Å². The van der Waals surface area contributed by atoms with E-state index < -0.39 is 17.4 Å². The second kappa shape index (κ2) is 13.9. The van der Waals surface area contributed by atoms with Crippen molar-refractivity contribution in [3.8, 4) is 5.75 Å². The van der Waals surface area contributed by atoms with Gasteiger partial charge in [0.2, 0.25) is 0 Å². The molecular weight excluding hydrogens is 380 g/mol. The molecule has 0 saturated heterocycles. The highest BCUT2D eigenvalue weighted by molar-refractivity contribution is 6.01. The van der Waals surface area contributed by atoms with Gasteiger partial charge in [0.25, 0.3) is 0 Å². The van der Waals surface area contributed by atoms with Crippen molar-refractivity contribution in [1.29, 1.82) is 0 Å². The normalized spacial score (nSPS) is 11.2. The first-order valence-corrected chi connectivity index (χ1v) is 11.4. The van der Waals surface area contributed by atoms with Gasteiger partial charge < -0.3 is 9.47 Å². The molecule has 0 heterocycles. The Bertz CT molecular complexity index is 659. The number of hydrogen-bond donors (Lipinski definition) is 0. The molecule has 168 valence electrons. The summed E-state index contributed by atoms with van der Waals surface area (Å²) in [7, 11) is 0. The number of ketones is 1. The number of Topliss-reactive ketones (excluding diaryl/α,β-unsaturated/α-hetero) is 1. The van der Waals surface area contributed by atoms with Crippen LogP contribution < -0.4 is 4.74 Å². The van der Waals surface area contributed by atoms with Crippen molar-refractivity contribution in [3.63, 3.8) is 0 Å². The first-order valence-electron chi connectivity index (χ1n) is 11.4. The molecular formula is C25H38O5. The highest BCUT2D eigenvalue weighted by atomic mass is 16.6. The van der Waals surface area contributed by atoms with Crippen LogP contribution in [0.3, 0.4) is 0 Å². The maximum atomic E-state index is 12.8. The molecule has 1 aromatic carbocycles. The summed E-state index contributed by atoms with van der Waals surface area (Å²) in [6.07, 6.45) is 9.92. The van der Waals surface area contributed by atoms with Crippen LogP contribution in [0.15, 0.2) is 24.3 Å². The lowest BCUT2D eigenvalue weighted by Crippen LogP contribution is -2.42. The first-order chi connectivity index (χ1) is 14.4. The van der Waals surface area contributed by atoms with Gasteiger partial charge in [0.1, 0.15) is 5.75 Å². The van der Waals surface area contributed by atoms with Gasteiger partial charge in [-0.2, -0.15) is 0 Å². The SMILES string of the molecule is CCCCCCCCCCOC(=O)C(CC)(CC)C(=O)Oc1ccc(C(C)=O)cc1. The average Bonchev–Trinajstić information content (AvgIpc) is 2.74. The lowest BCUT2D eigenvalue weighted by atomic mass is 9.82. The Kier molecular flexibility index (Phi) is 12.0. The van der Waals surface area contributed by atoms with Crippen molar-refractivity contribution in [3.05, 3.63) is 29.8 Å². The number of unbranched alkanes of at least 4 members (excludes halogenated alkanes) is 7. The van der Waals surface area contributed by atoms with Gasteiger partial charge in [-0.25, -0.2) is 0 Å². The highest BCUT2D eigenvalue weighted by Gasteiger charge is 2.46. The maximum absolute atomic E-state index is 12.8. The minimum atomic E-state index is -1.31. The molecule has 0 saturated carbocycles. The lowest BCUT2D eigenvalue weighted by molar-refractivity contribution is -0.168. The third kappa shape index (κ3) is 7.92. The monoisotopic (exact) mass is 418 g/mol. The summed E-state index contributed by atoms with van der Waals surface area (Å²) in [5.41, 5.74) is -0.767. The van der Waals surface area contributed by atoms with E-state index in [1.807, 2.05) is 0 Å². The molecule has 0 aliphatic heterocycles. The molecule has 0 amide bonds. The maximum Gasteiger partial charge on any atom is 0.328 e. The topological polar surface area (TPSA) is 69.7 Å². The van der Waals surface area contributed by atoms with Crippen LogP contribution in [0.2, 0.25) is 0 Å². The molecule has 0 atom stereocenters. The molecule has 30 heavy (non-hydrogen) atoms. The highest BCUT2D eigenvalue weighted by Crippen LogP contribution is 2.31. The Morgan fingerprint density at radius 2 is 1.30 bits per heavy atom. The zero-order valence-corrected chi connectivity index (χ0v) is 19.1. The Hall–Kier alpha value is -2.17. The van der Waals surface area contributed by atoms with Crippen LogP contribution in [0.25, 0.3) is 0 Å². The van der Waals surface area contributed by atoms with Crippen LogP contribution in [0.1, 0.15) is 102 Å². The lowest BCUT2D eigenvalue weighted by Gasteiger charge is -2.26.